The summed E-state index contributed by atoms with van der Waals surface area (Å²) in [5.41, 5.74) is 8.94. The van der Waals surface area contributed by atoms with Crippen LogP contribution in [0.4, 0.5) is 0 Å². The third-order valence-corrected chi connectivity index (χ3v) is 3.93. The molecule has 1 aromatic carbocycles. The van der Waals surface area contributed by atoms with E-state index in [2.05, 4.69) is 0 Å². The highest BCUT2D eigenvalue weighted by Gasteiger charge is 2.42. The zero-order valence-electron chi connectivity index (χ0n) is 11.5. The van der Waals surface area contributed by atoms with Gasteiger partial charge in [-0.15, -0.1) is 0 Å². The molecule has 0 aliphatic heterocycles. The summed E-state index contributed by atoms with van der Waals surface area (Å²) >= 11 is 0. The molecule has 0 aromatic heterocycles. The lowest BCUT2D eigenvalue weighted by Crippen LogP contribution is -2.36. The molecule has 0 atom stereocenters. The van der Waals surface area contributed by atoms with Crippen molar-refractivity contribution in [2.45, 2.75) is 26.7 Å². The molecule has 0 bridgehead atoms. The van der Waals surface area contributed by atoms with Crippen molar-refractivity contribution in [3.63, 3.8) is 0 Å². The summed E-state index contributed by atoms with van der Waals surface area (Å²) in [6.45, 7) is 5.45. The Bertz CT molecular complexity index is 464. The minimum absolute atomic E-state index is 0.107. The molecule has 1 fully saturated rings. The maximum Gasteiger partial charge on any atom is 0.253 e. The third kappa shape index (κ3) is 2.56. The molecule has 0 spiro atoms. The second-order valence-corrected chi connectivity index (χ2v) is 5.68. The molecular weight excluding hydrogens is 224 g/mol. The largest absolute Gasteiger partial charge is 0.341 e. The van der Waals surface area contributed by atoms with E-state index in [1.807, 2.05) is 44.0 Å². The Kier molecular flexibility index (Phi) is 3.44. The highest BCUT2D eigenvalue weighted by atomic mass is 16.2. The van der Waals surface area contributed by atoms with Crippen molar-refractivity contribution >= 4 is 5.91 Å². The van der Waals surface area contributed by atoms with Gasteiger partial charge in [0.2, 0.25) is 0 Å². The normalized spacial score (nSPS) is 16.4. The van der Waals surface area contributed by atoms with Gasteiger partial charge in [-0.2, -0.15) is 0 Å². The maximum absolute atomic E-state index is 12.4. The van der Waals surface area contributed by atoms with Crippen LogP contribution < -0.4 is 5.73 Å². The molecule has 3 nitrogen and oxygen atoms in total. The number of benzene rings is 1. The van der Waals surface area contributed by atoms with Gasteiger partial charge in [-0.3, -0.25) is 4.79 Å². The maximum atomic E-state index is 12.4. The summed E-state index contributed by atoms with van der Waals surface area (Å²) in [4.78, 5) is 14.2. The van der Waals surface area contributed by atoms with Gasteiger partial charge in [0.05, 0.1) is 0 Å². The van der Waals surface area contributed by atoms with Crippen LogP contribution in [-0.4, -0.2) is 30.9 Å². The predicted octanol–water partition coefficient (Wildman–Crippen LogP) is 2.11. The van der Waals surface area contributed by atoms with Gasteiger partial charge in [-0.25, -0.2) is 0 Å². The second kappa shape index (κ2) is 4.73. The number of aryl methyl sites for hydroxylation is 2. The van der Waals surface area contributed by atoms with Crippen molar-refractivity contribution in [3.05, 3.63) is 34.9 Å². The van der Waals surface area contributed by atoms with E-state index >= 15 is 0 Å². The number of rotatable bonds is 4. The number of nitrogens with two attached hydrogens (primary N) is 1. The van der Waals surface area contributed by atoms with Gasteiger partial charge in [0.15, 0.2) is 0 Å². The third-order valence-electron chi connectivity index (χ3n) is 3.93. The average Bonchev–Trinajstić information content (AvgIpc) is 3.11. The van der Waals surface area contributed by atoms with Crippen molar-refractivity contribution in [2.75, 3.05) is 20.1 Å². The zero-order valence-corrected chi connectivity index (χ0v) is 11.5. The molecule has 1 aliphatic carbocycles. The van der Waals surface area contributed by atoms with Gasteiger partial charge in [-0.05, 0) is 44.9 Å². The number of hydrogen-bond acceptors (Lipinski definition) is 2. The van der Waals surface area contributed by atoms with Crippen LogP contribution in [0, 0.1) is 19.3 Å². The lowest BCUT2D eigenvalue weighted by molar-refractivity contribution is 0.0765. The highest BCUT2D eigenvalue weighted by molar-refractivity contribution is 5.95. The lowest BCUT2D eigenvalue weighted by Gasteiger charge is -2.23. The minimum atomic E-state index is 0.107. The molecule has 1 saturated carbocycles. The minimum Gasteiger partial charge on any atom is -0.341 e. The molecule has 0 radical (unpaired) electrons. The van der Waals surface area contributed by atoms with Gasteiger partial charge < -0.3 is 10.6 Å². The molecule has 98 valence electrons. The van der Waals surface area contributed by atoms with Gasteiger partial charge in [-0.1, -0.05) is 17.7 Å². The van der Waals surface area contributed by atoms with E-state index in [-0.39, 0.29) is 11.3 Å². The monoisotopic (exact) mass is 246 g/mol. The topological polar surface area (TPSA) is 46.3 Å². The van der Waals surface area contributed by atoms with Gasteiger partial charge in [0.1, 0.15) is 0 Å². The summed E-state index contributed by atoms with van der Waals surface area (Å²) in [6, 6.07) is 6.01. The molecular formula is C15H22N2O. The molecule has 18 heavy (non-hydrogen) atoms. The van der Waals surface area contributed by atoms with E-state index in [1.165, 1.54) is 0 Å². The molecule has 3 heteroatoms. The first kappa shape index (κ1) is 13.1. The molecule has 1 amide bonds. The van der Waals surface area contributed by atoms with E-state index in [0.29, 0.717) is 6.54 Å². The van der Waals surface area contributed by atoms with Crippen LogP contribution in [-0.2, 0) is 0 Å². The van der Waals surface area contributed by atoms with E-state index in [4.69, 9.17) is 5.73 Å². The Balaban J connectivity index is 2.13. The summed E-state index contributed by atoms with van der Waals surface area (Å²) in [6.07, 6.45) is 2.29. The smallest absolute Gasteiger partial charge is 0.253 e. The van der Waals surface area contributed by atoms with E-state index in [1.54, 1.807) is 0 Å². The van der Waals surface area contributed by atoms with Crippen molar-refractivity contribution in [3.8, 4) is 0 Å². The number of carbonyl (C=O) groups excluding carboxylic acids is 1. The Labute approximate surface area is 109 Å². The summed E-state index contributed by atoms with van der Waals surface area (Å²) < 4.78 is 0. The Morgan fingerprint density at radius 2 is 2.06 bits per heavy atom. The van der Waals surface area contributed by atoms with Crippen molar-refractivity contribution in [1.82, 2.24) is 4.90 Å². The second-order valence-electron chi connectivity index (χ2n) is 5.68. The van der Waals surface area contributed by atoms with Crippen LogP contribution in [0.5, 0.6) is 0 Å². The standard InChI is InChI=1S/C15H22N2O/c1-11-4-5-12(2)13(8-11)14(18)17(3)10-15(9-16)6-7-15/h4-5,8H,6-7,9-10,16H2,1-3H3. The number of amides is 1. The molecule has 0 heterocycles. The number of nitrogens with zero attached hydrogens (tertiary/aromatic N) is 1. The molecule has 1 aliphatic rings. The molecule has 1 aromatic rings. The first-order chi connectivity index (χ1) is 8.47. The molecule has 0 saturated heterocycles. The van der Waals surface area contributed by atoms with Gasteiger partial charge >= 0.3 is 0 Å². The highest BCUT2D eigenvalue weighted by Crippen LogP contribution is 2.45. The SMILES string of the molecule is Cc1ccc(C)c(C(=O)N(C)CC2(CN)CC2)c1. The van der Waals surface area contributed by atoms with Gasteiger partial charge in [0.25, 0.3) is 5.91 Å². The lowest BCUT2D eigenvalue weighted by atomic mass is 10.0. The van der Waals surface area contributed by atoms with Crippen LogP contribution in [0.15, 0.2) is 18.2 Å². The first-order valence-electron chi connectivity index (χ1n) is 6.50. The summed E-state index contributed by atoms with van der Waals surface area (Å²) in [7, 11) is 1.87. The van der Waals surface area contributed by atoms with Crippen molar-refractivity contribution < 1.29 is 4.79 Å². The van der Waals surface area contributed by atoms with Gasteiger partial charge in [0, 0.05) is 24.6 Å². The van der Waals surface area contributed by atoms with Crippen LogP contribution in [0.1, 0.15) is 34.3 Å². The van der Waals surface area contributed by atoms with Crippen LogP contribution in [0.3, 0.4) is 0 Å². The Morgan fingerprint density at radius 3 is 2.61 bits per heavy atom. The average molecular weight is 246 g/mol. The van der Waals surface area contributed by atoms with Crippen molar-refractivity contribution in [2.24, 2.45) is 11.1 Å². The van der Waals surface area contributed by atoms with Crippen LogP contribution in [0.2, 0.25) is 0 Å². The molecule has 0 unspecified atom stereocenters. The fraction of sp³-hybridized carbons (Fsp3) is 0.533. The van der Waals surface area contributed by atoms with E-state index in [9.17, 15) is 4.79 Å². The fourth-order valence-corrected chi connectivity index (χ4v) is 2.35. The first-order valence-corrected chi connectivity index (χ1v) is 6.50. The predicted molar refractivity (Wildman–Crippen MR) is 73.6 cm³/mol. The summed E-state index contributed by atoms with van der Waals surface area (Å²) in [5.74, 6) is 0.107. The Morgan fingerprint density at radius 1 is 1.39 bits per heavy atom. The number of hydrogen-bond donors (Lipinski definition) is 1. The van der Waals surface area contributed by atoms with Crippen LogP contribution >= 0.6 is 0 Å². The molecule has 2 N–H and O–H groups in total. The van der Waals surface area contributed by atoms with E-state index in [0.717, 1.165) is 36.1 Å². The quantitative estimate of drug-likeness (QED) is 0.884. The van der Waals surface area contributed by atoms with Crippen molar-refractivity contribution in [1.29, 1.82) is 0 Å². The Hall–Kier alpha value is -1.35. The fourth-order valence-electron chi connectivity index (χ4n) is 2.35. The van der Waals surface area contributed by atoms with Crippen LogP contribution in [0.25, 0.3) is 0 Å². The zero-order chi connectivity index (χ0) is 13.3. The van der Waals surface area contributed by atoms with E-state index < -0.39 is 0 Å². The number of carbonyl (C=O) groups is 1. The summed E-state index contributed by atoms with van der Waals surface area (Å²) in [5, 5.41) is 0. The molecule has 2 rings (SSSR count).